The van der Waals surface area contributed by atoms with Gasteiger partial charge in [0.1, 0.15) is 5.75 Å². The standard InChI is InChI=1S/C40H46Cl2N6O4/c1-25(49)47-16-12-30(13-17-47)44-21-28-9-8-27(20-37(28)51-3)34-23-43-24-35(39(34)42)32-6-5-7-33(38(32)41)36-11-10-29(40(46-36)52-4)22-45-31-14-18-48(19-15-31)26(2)50/h5-11,20,23-24,30-31,44-45H,12-19,21-22H2,1-4H3. The summed E-state index contributed by atoms with van der Waals surface area (Å²) in [5.41, 5.74) is 6.50. The maximum atomic E-state index is 11.7. The van der Waals surface area contributed by atoms with Crippen LogP contribution < -0.4 is 20.1 Å². The largest absolute Gasteiger partial charge is 0.496 e. The van der Waals surface area contributed by atoms with E-state index >= 15 is 0 Å². The highest BCUT2D eigenvalue weighted by Crippen LogP contribution is 2.42. The molecule has 0 unspecified atom stereocenters. The summed E-state index contributed by atoms with van der Waals surface area (Å²) >= 11 is 14.2. The Morgan fingerprint density at radius 3 is 1.88 bits per heavy atom. The summed E-state index contributed by atoms with van der Waals surface area (Å²) in [6, 6.07) is 16.5. The number of hydrogen-bond acceptors (Lipinski definition) is 8. The van der Waals surface area contributed by atoms with Crippen molar-refractivity contribution in [3.05, 3.63) is 82.1 Å². The fourth-order valence-corrected chi connectivity index (χ4v) is 7.70. The van der Waals surface area contributed by atoms with Gasteiger partial charge in [0.15, 0.2) is 0 Å². The van der Waals surface area contributed by atoms with Crippen LogP contribution in [-0.4, -0.2) is 84.1 Å². The molecule has 0 atom stereocenters. The summed E-state index contributed by atoms with van der Waals surface area (Å²) in [5, 5.41) is 8.28. The van der Waals surface area contributed by atoms with Gasteiger partial charge < -0.3 is 29.9 Å². The van der Waals surface area contributed by atoms with E-state index in [1.165, 1.54) is 0 Å². The summed E-state index contributed by atoms with van der Waals surface area (Å²) in [6.45, 7) is 7.59. The molecule has 2 aliphatic rings. The Kier molecular flexibility index (Phi) is 12.3. The maximum absolute atomic E-state index is 11.7. The summed E-state index contributed by atoms with van der Waals surface area (Å²) in [4.78, 5) is 36.6. The van der Waals surface area contributed by atoms with Crippen molar-refractivity contribution in [2.24, 2.45) is 0 Å². The van der Waals surface area contributed by atoms with Crippen LogP contribution in [0.25, 0.3) is 33.5 Å². The number of halogens is 2. The van der Waals surface area contributed by atoms with Crippen molar-refractivity contribution in [1.82, 2.24) is 30.4 Å². The smallest absolute Gasteiger partial charge is 0.219 e. The van der Waals surface area contributed by atoms with E-state index in [0.717, 1.165) is 91.0 Å². The van der Waals surface area contributed by atoms with Crippen molar-refractivity contribution in [3.63, 3.8) is 0 Å². The minimum Gasteiger partial charge on any atom is -0.496 e. The Bertz CT molecular complexity index is 1770. The number of hydrogen-bond donors (Lipinski definition) is 2. The lowest BCUT2D eigenvalue weighted by Gasteiger charge is -2.32. The zero-order valence-corrected chi connectivity index (χ0v) is 31.7. The normalized spacial score (nSPS) is 15.5. The van der Waals surface area contributed by atoms with Crippen LogP contribution in [0.4, 0.5) is 0 Å². The average Bonchev–Trinajstić information content (AvgIpc) is 3.17. The molecular weight excluding hydrogens is 699 g/mol. The minimum atomic E-state index is 0.129. The molecule has 4 heterocycles. The van der Waals surface area contributed by atoms with E-state index in [1.807, 2.05) is 52.3 Å². The Morgan fingerprint density at radius 1 is 0.731 bits per heavy atom. The molecule has 2 amide bonds. The van der Waals surface area contributed by atoms with Gasteiger partial charge in [0, 0.05) is 111 Å². The van der Waals surface area contributed by atoms with E-state index in [0.29, 0.717) is 52.4 Å². The highest BCUT2D eigenvalue weighted by Gasteiger charge is 2.23. The predicted molar refractivity (Wildman–Crippen MR) is 206 cm³/mol. The molecule has 52 heavy (non-hydrogen) atoms. The molecule has 0 spiro atoms. The summed E-state index contributed by atoms with van der Waals surface area (Å²) in [5.74, 6) is 1.55. The molecule has 2 N–H and O–H groups in total. The van der Waals surface area contributed by atoms with Crippen LogP contribution in [0.1, 0.15) is 50.7 Å². The number of amides is 2. The number of piperidine rings is 2. The average molecular weight is 746 g/mol. The molecule has 2 aliphatic heterocycles. The van der Waals surface area contributed by atoms with Crippen LogP contribution in [-0.2, 0) is 22.7 Å². The van der Waals surface area contributed by atoms with Crippen molar-refractivity contribution in [3.8, 4) is 45.1 Å². The van der Waals surface area contributed by atoms with Gasteiger partial charge in [-0.25, -0.2) is 4.98 Å². The molecule has 2 saturated heterocycles. The molecular formula is C40H46Cl2N6O4. The molecule has 6 rings (SSSR count). The molecule has 0 radical (unpaired) electrons. The Hall–Kier alpha value is -4.22. The summed E-state index contributed by atoms with van der Waals surface area (Å²) < 4.78 is 11.5. The van der Waals surface area contributed by atoms with Gasteiger partial charge in [0.25, 0.3) is 0 Å². The molecule has 2 aromatic heterocycles. The second-order valence-corrected chi connectivity index (χ2v) is 14.2. The summed E-state index contributed by atoms with van der Waals surface area (Å²) in [7, 11) is 3.29. The van der Waals surface area contributed by atoms with E-state index < -0.39 is 0 Å². The van der Waals surface area contributed by atoms with Crippen LogP contribution in [0.2, 0.25) is 10.0 Å². The van der Waals surface area contributed by atoms with Gasteiger partial charge in [-0.3, -0.25) is 14.6 Å². The maximum Gasteiger partial charge on any atom is 0.219 e. The second kappa shape index (κ2) is 17.1. The first kappa shape index (κ1) is 37.5. The van der Waals surface area contributed by atoms with Crippen molar-refractivity contribution in [2.45, 2.75) is 64.7 Å². The SMILES string of the molecule is COc1cc(-c2cncc(-c3cccc(-c4ccc(CNC5CCN(C(C)=O)CC5)c(OC)n4)c3Cl)c2Cl)ccc1CNC1CCN(C(C)=O)CC1. The lowest BCUT2D eigenvalue weighted by Crippen LogP contribution is -2.44. The third kappa shape index (κ3) is 8.52. The van der Waals surface area contributed by atoms with Gasteiger partial charge in [-0.05, 0) is 43.4 Å². The number of nitrogens with zero attached hydrogens (tertiary/aromatic N) is 4. The van der Waals surface area contributed by atoms with Gasteiger partial charge >= 0.3 is 0 Å². The number of benzene rings is 2. The lowest BCUT2D eigenvalue weighted by atomic mass is 9.98. The zero-order valence-electron chi connectivity index (χ0n) is 30.2. The van der Waals surface area contributed by atoms with Crippen LogP contribution in [0, 0.1) is 0 Å². The molecule has 0 bridgehead atoms. The van der Waals surface area contributed by atoms with Gasteiger partial charge in [-0.15, -0.1) is 0 Å². The fraction of sp³-hybridized carbons (Fsp3) is 0.400. The van der Waals surface area contributed by atoms with Crippen LogP contribution in [0.3, 0.4) is 0 Å². The first-order valence-corrected chi connectivity index (χ1v) is 18.5. The highest BCUT2D eigenvalue weighted by atomic mass is 35.5. The van der Waals surface area contributed by atoms with Crippen molar-refractivity contribution < 1.29 is 19.1 Å². The van der Waals surface area contributed by atoms with Gasteiger partial charge in [0.2, 0.25) is 17.7 Å². The zero-order chi connectivity index (χ0) is 36.8. The lowest BCUT2D eigenvalue weighted by molar-refractivity contribution is -0.130. The molecule has 10 nitrogen and oxygen atoms in total. The number of carbonyl (C=O) groups excluding carboxylic acids is 2. The van der Waals surface area contributed by atoms with Crippen molar-refractivity contribution in [1.29, 1.82) is 0 Å². The number of methoxy groups -OCH3 is 2. The van der Waals surface area contributed by atoms with E-state index in [4.69, 9.17) is 37.7 Å². The molecule has 12 heteroatoms. The molecule has 2 aromatic carbocycles. The molecule has 4 aromatic rings. The van der Waals surface area contributed by atoms with Crippen molar-refractivity contribution >= 4 is 35.0 Å². The number of nitrogens with one attached hydrogen (secondary N) is 2. The molecule has 274 valence electrons. The molecule has 0 aliphatic carbocycles. The summed E-state index contributed by atoms with van der Waals surface area (Å²) in [6.07, 6.45) is 7.16. The Morgan fingerprint density at radius 2 is 1.29 bits per heavy atom. The number of pyridine rings is 2. The van der Waals surface area contributed by atoms with Crippen LogP contribution in [0.5, 0.6) is 11.6 Å². The number of aromatic nitrogens is 2. The monoisotopic (exact) mass is 744 g/mol. The number of ether oxygens (including phenoxy) is 2. The minimum absolute atomic E-state index is 0.129. The van der Waals surface area contributed by atoms with E-state index in [1.54, 1.807) is 40.5 Å². The Balaban J connectivity index is 1.18. The molecule has 2 fully saturated rings. The van der Waals surface area contributed by atoms with E-state index in [9.17, 15) is 9.59 Å². The van der Waals surface area contributed by atoms with E-state index in [-0.39, 0.29) is 11.8 Å². The molecule has 0 saturated carbocycles. The number of rotatable bonds is 11. The van der Waals surface area contributed by atoms with Crippen LogP contribution in [0.15, 0.2) is 60.9 Å². The quantitative estimate of drug-likeness (QED) is 0.169. The fourth-order valence-electron chi connectivity index (χ4n) is 7.07. The second-order valence-electron chi connectivity index (χ2n) is 13.4. The third-order valence-electron chi connectivity index (χ3n) is 10.2. The van der Waals surface area contributed by atoms with Crippen LogP contribution >= 0.6 is 23.2 Å². The number of carbonyl (C=O) groups is 2. The Labute approximate surface area is 315 Å². The first-order valence-electron chi connectivity index (χ1n) is 17.8. The van der Waals surface area contributed by atoms with Crippen molar-refractivity contribution in [2.75, 3.05) is 40.4 Å². The van der Waals surface area contributed by atoms with Gasteiger partial charge in [-0.2, -0.15) is 0 Å². The van der Waals surface area contributed by atoms with E-state index in [2.05, 4.69) is 21.7 Å². The third-order valence-corrected chi connectivity index (χ3v) is 11.0. The van der Waals surface area contributed by atoms with Gasteiger partial charge in [-0.1, -0.05) is 59.6 Å². The highest BCUT2D eigenvalue weighted by molar-refractivity contribution is 6.39. The predicted octanol–water partition coefficient (Wildman–Crippen LogP) is 7.00. The first-order chi connectivity index (χ1) is 25.2. The number of likely N-dealkylation sites (tertiary alicyclic amines) is 2. The van der Waals surface area contributed by atoms with Gasteiger partial charge in [0.05, 0.1) is 30.0 Å². The topological polar surface area (TPSA) is 109 Å².